The van der Waals surface area contributed by atoms with E-state index in [1.54, 1.807) is 26.5 Å². The smallest absolute Gasteiger partial charge is 0.243 e. The van der Waals surface area contributed by atoms with Crippen molar-refractivity contribution in [1.29, 1.82) is 0 Å². The van der Waals surface area contributed by atoms with Gasteiger partial charge < -0.3 is 14.8 Å². The van der Waals surface area contributed by atoms with Crippen LogP contribution in [0, 0.1) is 6.92 Å². The van der Waals surface area contributed by atoms with Crippen molar-refractivity contribution in [3.8, 4) is 22.8 Å². The van der Waals surface area contributed by atoms with Gasteiger partial charge in [-0.1, -0.05) is 0 Å². The van der Waals surface area contributed by atoms with E-state index in [0.29, 0.717) is 29.7 Å². The first kappa shape index (κ1) is 16.7. The van der Waals surface area contributed by atoms with E-state index in [2.05, 4.69) is 25.6 Å². The Morgan fingerprint density at radius 3 is 2.68 bits per heavy atom. The van der Waals surface area contributed by atoms with Crippen LogP contribution in [-0.4, -0.2) is 39.2 Å². The summed E-state index contributed by atoms with van der Waals surface area (Å²) >= 11 is 0. The molecule has 1 aromatic carbocycles. The monoisotopic (exact) mass is 340 g/mol. The molecule has 130 valence electrons. The first-order chi connectivity index (χ1) is 12.1. The molecule has 0 amide bonds. The first-order valence-electron chi connectivity index (χ1n) is 7.76. The average Bonchev–Trinajstić information content (AvgIpc) is 2.97. The molecule has 2 heterocycles. The van der Waals surface area contributed by atoms with E-state index in [0.717, 1.165) is 17.0 Å². The van der Waals surface area contributed by atoms with Crippen molar-refractivity contribution in [3.05, 3.63) is 41.9 Å². The predicted molar refractivity (Wildman–Crippen MR) is 93.6 cm³/mol. The molecule has 0 aliphatic carbocycles. The van der Waals surface area contributed by atoms with Crippen molar-refractivity contribution in [3.63, 3.8) is 0 Å². The maximum absolute atomic E-state index is 5.43. The summed E-state index contributed by atoms with van der Waals surface area (Å²) in [6.45, 7) is 2.53. The van der Waals surface area contributed by atoms with Crippen LogP contribution in [0.1, 0.15) is 11.4 Å². The van der Waals surface area contributed by atoms with Crippen molar-refractivity contribution in [2.45, 2.75) is 13.5 Å². The summed E-state index contributed by atoms with van der Waals surface area (Å²) in [5, 5.41) is 15.6. The normalized spacial score (nSPS) is 10.6. The Balaban J connectivity index is 1.81. The number of hydrogen-bond acceptors (Lipinski definition) is 7. The topological polar surface area (TPSA) is 87.0 Å². The van der Waals surface area contributed by atoms with Crippen LogP contribution in [0.15, 0.2) is 30.5 Å². The fourth-order valence-corrected chi connectivity index (χ4v) is 2.41. The number of methoxy groups -OCH3 is 2. The number of rotatable bonds is 6. The summed E-state index contributed by atoms with van der Waals surface area (Å²) in [7, 11) is 5.13. The molecular weight excluding hydrogens is 320 g/mol. The number of nitrogens with one attached hydrogen (secondary N) is 1. The van der Waals surface area contributed by atoms with E-state index >= 15 is 0 Å². The molecule has 2 aromatic heterocycles. The molecule has 0 saturated heterocycles. The van der Waals surface area contributed by atoms with Crippen molar-refractivity contribution >= 4 is 5.95 Å². The third-order valence-corrected chi connectivity index (χ3v) is 3.84. The first-order valence-corrected chi connectivity index (χ1v) is 7.76. The zero-order valence-electron chi connectivity index (χ0n) is 14.6. The molecule has 0 radical (unpaired) electrons. The van der Waals surface area contributed by atoms with Gasteiger partial charge in [-0.25, -0.2) is 4.98 Å². The molecule has 0 aliphatic heterocycles. The molecule has 0 spiro atoms. The van der Waals surface area contributed by atoms with Gasteiger partial charge >= 0.3 is 0 Å². The third-order valence-electron chi connectivity index (χ3n) is 3.84. The molecular formula is C17H20N6O2. The van der Waals surface area contributed by atoms with Crippen LogP contribution in [0.2, 0.25) is 0 Å². The van der Waals surface area contributed by atoms with Gasteiger partial charge in [0.25, 0.3) is 0 Å². The van der Waals surface area contributed by atoms with E-state index in [1.165, 1.54) is 0 Å². The highest BCUT2D eigenvalue weighted by molar-refractivity contribution is 5.68. The Morgan fingerprint density at radius 1 is 1.16 bits per heavy atom. The van der Waals surface area contributed by atoms with Crippen molar-refractivity contribution in [2.75, 3.05) is 19.5 Å². The van der Waals surface area contributed by atoms with Crippen LogP contribution in [0.4, 0.5) is 5.95 Å². The highest BCUT2D eigenvalue weighted by Gasteiger charge is 2.11. The summed E-state index contributed by atoms with van der Waals surface area (Å²) in [6, 6.07) is 7.55. The largest absolute Gasteiger partial charge is 0.497 e. The van der Waals surface area contributed by atoms with Crippen LogP contribution in [-0.2, 0) is 13.6 Å². The average molecular weight is 340 g/mol. The number of nitrogens with zero attached hydrogens (tertiary/aromatic N) is 5. The molecule has 25 heavy (non-hydrogen) atoms. The fraction of sp³-hybridized carbons (Fsp3) is 0.294. The Kier molecular flexibility index (Phi) is 4.78. The lowest BCUT2D eigenvalue weighted by Crippen LogP contribution is -2.06. The molecule has 0 unspecified atom stereocenters. The Labute approximate surface area is 145 Å². The van der Waals surface area contributed by atoms with Crippen LogP contribution in [0.3, 0.4) is 0 Å². The van der Waals surface area contributed by atoms with Crippen LogP contribution in [0.5, 0.6) is 11.5 Å². The van der Waals surface area contributed by atoms with Crippen LogP contribution in [0.25, 0.3) is 11.3 Å². The van der Waals surface area contributed by atoms with Gasteiger partial charge in [0, 0.05) is 24.4 Å². The summed E-state index contributed by atoms with van der Waals surface area (Å²) in [6.07, 6.45) is 1.60. The highest BCUT2D eigenvalue weighted by Crippen LogP contribution is 2.32. The van der Waals surface area contributed by atoms with E-state index in [1.807, 2.05) is 36.9 Å². The minimum Gasteiger partial charge on any atom is -0.497 e. The molecule has 3 rings (SSSR count). The summed E-state index contributed by atoms with van der Waals surface area (Å²) in [5.41, 5.74) is 3.48. The molecule has 3 aromatic rings. The third kappa shape index (κ3) is 3.68. The van der Waals surface area contributed by atoms with E-state index < -0.39 is 0 Å². The quantitative estimate of drug-likeness (QED) is 0.736. The minimum absolute atomic E-state index is 0.429. The summed E-state index contributed by atoms with van der Waals surface area (Å²) in [5.74, 6) is 1.80. The van der Waals surface area contributed by atoms with Crippen LogP contribution >= 0.6 is 0 Å². The van der Waals surface area contributed by atoms with Gasteiger partial charge in [0.15, 0.2) is 0 Å². The molecule has 8 nitrogen and oxygen atoms in total. The second-order valence-corrected chi connectivity index (χ2v) is 5.49. The standard InChI is InChI=1S/C17H20N6O2/c1-11-7-12(22-23(11)2)9-18-17-20-15(10-19-21-17)14-6-5-13(24-3)8-16(14)25-4/h5-8,10H,9H2,1-4H3,(H,18,20,21). The fourth-order valence-electron chi connectivity index (χ4n) is 2.41. The van der Waals surface area contributed by atoms with Gasteiger partial charge in [0.05, 0.1) is 38.3 Å². The summed E-state index contributed by atoms with van der Waals surface area (Å²) < 4.78 is 12.5. The number of anilines is 1. The number of aromatic nitrogens is 5. The lowest BCUT2D eigenvalue weighted by atomic mass is 10.1. The molecule has 0 atom stereocenters. The SMILES string of the molecule is COc1ccc(-c2cnnc(NCc3cc(C)n(C)n3)n2)c(OC)c1. The maximum atomic E-state index is 5.43. The molecule has 1 N–H and O–H groups in total. The minimum atomic E-state index is 0.429. The van der Waals surface area contributed by atoms with Gasteiger partial charge in [-0.3, -0.25) is 4.68 Å². The second kappa shape index (κ2) is 7.16. The Bertz CT molecular complexity index is 858. The van der Waals surface area contributed by atoms with Gasteiger partial charge in [0.2, 0.25) is 5.95 Å². The van der Waals surface area contributed by atoms with Gasteiger partial charge in [-0.2, -0.15) is 10.2 Å². The number of hydrogen-bond donors (Lipinski definition) is 1. The van der Waals surface area contributed by atoms with E-state index in [4.69, 9.17) is 9.47 Å². The number of ether oxygens (including phenoxy) is 2. The Morgan fingerprint density at radius 2 is 2.00 bits per heavy atom. The van der Waals surface area contributed by atoms with Gasteiger partial charge in [-0.15, -0.1) is 5.10 Å². The van der Waals surface area contributed by atoms with Crippen LogP contribution < -0.4 is 14.8 Å². The second-order valence-electron chi connectivity index (χ2n) is 5.49. The zero-order valence-corrected chi connectivity index (χ0v) is 14.6. The van der Waals surface area contributed by atoms with Gasteiger partial charge in [-0.05, 0) is 25.1 Å². The van der Waals surface area contributed by atoms with Crippen molar-refractivity contribution < 1.29 is 9.47 Å². The lowest BCUT2D eigenvalue weighted by molar-refractivity contribution is 0.395. The number of aryl methyl sites for hydroxylation is 2. The Hall–Kier alpha value is -3.16. The molecule has 0 fully saturated rings. The van der Waals surface area contributed by atoms with E-state index in [-0.39, 0.29) is 0 Å². The molecule has 0 bridgehead atoms. The van der Waals surface area contributed by atoms with Crippen molar-refractivity contribution in [1.82, 2.24) is 25.0 Å². The zero-order chi connectivity index (χ0) is 17.8. The highest BCUT2D eigenvalue weighted by atomic mass is 16.5. The predicted octanol–water partition coefficient (Wildman–Crippen LogP) is 2.21. The van der Waals surface area contributed by atoms with E-state index in [9.17, 15) is 0 Å². The lowest BCUT2D eigenvalue weighted by Gasteiger charge is -2.10. The maximum Gasteiger partial charge on any atom is 0.243 e. The summed E-state index contributed by atoms with van der Waals surface area (Å²) in [4.78, 5) is 4.51. The van der Waals surface area contributed by atoms with Crippen molar-refractivity contribution in [2.24, 2.45) is 7.05 Å². The molecule has 8 heteroatoms. The number of benzene rings is 1. The molecule has 0 saturated carbocycles. The van der Waals surface area contributed by atoms with Gasteiger partial charge in [0.1, 0.15) is 11.5 Å². The molecule has 0 aliphatic rings.